The molecular formula is C8H8BrN5. The van der Waals surface area contributed by atoms with E-state index in [1.54, 1.807) is 19.3 Å². The third-order valence-corrected chi connectivity index (χ3v) is 2.47. The maximum Gasteiger partial charge on any atom is 0.154 e. The minimum atomic E-state index is 0.395. The monoisotopic (exact) mass is 253 g/mol. The number of pyridine rings is 1. The van der Waals surface area contributed by atoms with E-state index in [1.165, 1.54) is 0 Å². The summed E-state index contributed by atoms with van der Waals surface area (Å²) in [6.45, 7) is 0. The molecule has 0 saturated heterocycles. The second kappa shape index (κ2) is 3.38. The van der Waals surface area contributed by atoms with Crippen LogP contribution in [0, 0.1) is 0 Å². The van der Waals surface area contributed by atoms with Gasteiger partial charge in [-0.15, -0.1) is 10.2 Å². The van der Waals surface area contributed by atoms with Crippen molar-refractivity contribution in [3.05, 3.63) is 16.7 Å². The molecule has 0 unspecified atom stereocenters. The van der Waals surface area contributed by atoms with E-state index >= 15 is 0 Å². The Morgan fingerprint density at radius 2 is 2.21 bits per heavy atom. The Morgan fingerprint density at radius 1 is 1.43 bits per heavy atom. The number of hydrogen-bond acceptors (Lipinski definition) is 5. The molecule has 0 radical (unpaired) electrons. The average molecular weight is 254 g/mol. The van der Waals surface area contributed by atoms with Gasteiger partial charge in [-0.25, -0.2) is 4.98 Å². The molecule has 2 heterocycles. The molecule has 0 aliphatic rings. The number of aromatic nitrogens is 3. The summed E-state index contributed by atoms with van der Waals surface area (Å²) in [6, 6.07) is 1.76. The highest BCUT2D eigenvalue weighted by atomic mass is 79.9. The summed E-state index contributed by atoms with van der Waals surface area (Å²) in [5, 5.41) is 11.6. The van der Waals surface area contributed by atoms with E-state index in [0.717, 1.165) is 9.86 Å². The molecule has 0 aliphatic heterocycles. The molecule has 0 spiro atoms. The Labute approximate surface area is 88.9 Å². The summed E-state index contributed by atoms with van der Waals surface area (Å²) < 4.78 is 0.855. The molecule has 0 aliphatic carbocycles. The lowest BCUT2D eigenvalue weighted by Gasteiger charge is -2.04. The van der Waals surface area contributed by atoms with Crippen LogP contribution in [0.4, 0.5) is 11.6 Å². The molecule has 0 saturated carbocycles. The zero-order chi connectivity index (χ0) is 10.1. The zero-order valence-electron chi connectivity index (χ0n) is 7.45. The van der Waals surface area contributed by atoms with Gasteiger partial charge < -0.3 is 11.1 Å². The summed E-state index contributed by atoms with van der Waals surface area (Å²) in [5.74, 6) is 1.09. The van der Waals surface area contributed by atoms with Gasteiger partial charge >= 0.3 is 0 Å². The van der Waals surface area contributed by atoms with Crippen LogP contribution in [-0.2, 0) is 0 Å². The number of nitrogens with one attached hydrogen (secondary N) is 1. The molecule has 2 aromatic rings. The number of halogens is 1. The van der Waals surface area contributed by atoms with Gasteiger partial charge in [0.15, 0.2) is 5.82 Å². The normalized spacial score (nSPS) is 10.4. The Balaban J connectivity index is 2.84. The highest BCUT2D eigenvalue weighted by Crippen LogP contribution is 2.26. The third-order valence-electron chi connectivity index (χ3n) is 1.84. The van der Waals surface area contributed by atoms with Crippen LogP contribution in [-0.4, -0.2) is 22.2 Å². The number of nitrogens with two attached hydrogens (primary N) is 1. The number of nitrogen functional groups attached to an aromatic ring is 1. The molecule has 0 amide bonds. The molecule has 6 heteroatoms. The van der Waals surface area contributed by atoms with Gasteiger partial charge in [-0.2, -0.15) is 0 Å². The van der Waals surface area contributed by atoms with Gasteiger partial charge in [0.2, 0.25) is 0 Å². The first kappa shape index (κ1) is 9.14. The predicted octanol–water partition coefficient (Wildman–Crippen LogP) is 1.41. The lowest BCUT2D eigenvalue weighted by Crippen LogP contribution is -1.99. The maximum atomic E-state index is 5.55. The average Bonchev–Trinajstić information content (AvgIpc) is 2.19. The van der Waals surface area contributed by atoms with Crippen LogP contribution in [0.1, 0.15) is 0 Å². The van der Waals surface area contributed by atoms with Crippen molar-refractivity contribution in [3.63, 3.8) is 0 Å². The van der Waals surface area contributed by atoms with Gasteiger partial charge in [-0.3, -0.25) is 0 Å². The first-order chi connectivity index (χ1) is 6.72. The van der Waals surface area contributed by atoms with Crippen molar-refractivity contribution in [3.8, 4) is 0 Å². The molecular weight excluding hydrogens is 246 g/mol. The minimum Gasteiger partial charge on any atom is -0.382 e. The Hall–Kier alpha value is -1.43. The summed E-state index contributed by atoms with van der Waals surface area (Å²) >= 11 is 3.38. The first-order valence-corrected chi connectivity index (χ1v) is 4.77. The fourth-order valence-corrected chi connectivity index (χ4v) is 1.60. The quantitative estimate of drug-likeness (QED) is 0.804. The predicted molar refractivity (Wildman–Crippen MR) is 59.0 cm³/mol. The first-order valence-electron chi connectivity index (χ1n) is 3.97. The molecule has 72 valence electrons. The van der Waals surface area contributed by atoms with Gasteiger partial charge in [0.25, 0.3) is 0 Å². The third kappa shape index (κ3) is 1.37. The Bertz CT molecular complexity index is 484. The lowest BCUT2D eigenvalue weighted by molar-refractivity contribution is 1.08. The zero-order valence-corrected chi connectivity index (χ0v) is 9.04. The van der Waals surface area contributed by atoms with Crippen LogP contribution in [0.15, 0.2) is 16.7 Å². The number of anilines is 2. The van der Waals surface area contributed by atoms with Crippen LogP contribution in [0.2, 0.25) is 0 Å². The van der Waals surface area contributed by atoms with Gasteiger partial charge in [-0.05, 0) is 22.0 Å². The maximum absolute atomic E-state index is 5.55. The second-order valence-corrected chi connectivity index (χ2v) is 3.59. The van der Waals surface area contributed by atoms with E-state index in [-0.39, 0.29) is 0 Å². The SMILES string of the molecule is CNc1ncc(Br)c2cc(N)nnc12. The summed E-state index contributed by atoms with van der Waals surface area (Å²) in [5.41, 5.74) is 6.25. The Morgan fingerprint density at radius 3 is 2.93 bits per heavy atom. The van der Waals surface area contributed by atoms with Crippen LogP contribution in [0.3, 0.4) is 0 Å². The number of hydrogen-bond donors (Lipinski definition) is 2. The smallest absolute Gasteiger partial charge is 0.154 e. The fraction of sp³-hybridized carbons (Fsp3) is 0.125. The van der Waals surface area contributed by atoms with Crippen molar-refractivity contribution in [2.75, 3.05) is 18.1 Å². The largest absolute Gasteiger partial charge is 0.382 e. The molecule has 0 bridgehead atoms. The molecule has 2 aromatic heterocycles. The summed E-state index contributed by atoms with van der Waals surface area (Å²) in [7, 11) is 1.79. The van der Waals surface area contributed by atoms with Gasteiger partial charge in [0.1, 0.15) is 11.3 Å². The van der Waals surface area contributed by atoms with E-state index in [1.807, 2.05) is 0 Å². The van der Waals surface area contributed by atoms with Crippen molar-refractivity contribution >= 4 is 38.5 Å². The van der Waals surface area contributed by atoms with Gasteiger partial charge in [0, 0.05) is 23.1 Å². The van der Waals surface area contributed by atoms with E-state index in [9.17, 15) is 0 Å². The van der Waals surface area contributed by atoms with Crippen molar-refractivity contribution in [2.45, 2.75) is 0 Å². The van der Waals surface area contributed by atoms with Crippen molar-refractivity contribution < 1.29 is 0 Å². The molecule has 0 fully saturated rings. The second-order valence-electron chi connectivity index (χ2n) is 2.74. The van der Waals surface area contributed by atoms with Crippen molar-refractivity contribution in [2.24, 2.45) is 0 Å². The number of nitrogens with zero attached hydrogens (tertiary/aromatic N) is 3. The van der Waals surface area contributed by atoms with Crippen LogP contribution < -0.4 is 11.1 Å². The van der Waals surface area contributed by atoms with Crippen LogP contribution in [0.25, 0.3) is 10.9 Å². The number of fused-ring (bicyclic) bond motifs is 1. The molecule has 14 heavy (non-hydrogen) atoms. The molecule has 3 N–H and O–H groups in total. The summed E-state index contributed by atoms with van der Waals surface area (Å²) in [4.78, 5) is 4.15. The molecule has 5 nitrogen and oxygen atoms in total. The van der Waals surface area contributed by atoms with Crippen molar-refractivity contribution in [1.29, 1.82) is 0 Å². The Kier molecular flexibility index (Phi) is 2.20. The van der Waals surface area contributed by atoms with Crippen LogP contribution in [0.5, 0.6) is 0 Å². The van der Waals surface area contributed by atoms with Crippen molar-refractivity contribution in [1.82, 2.24) is 15.2 Å². The van der Waals surface area contributed by atoms with Crippen LogP contribution >= 0.6 is 15.9 Å². The van der Waals surface area contributed by atoms with E-state index in [2.05, 4.69) is 36.4 Å². The fourth-order valence-electron chi connectivity index (χ4n) is 1.20. The highest BCUT2D eigenvalue weighted by Gasteiger charge is 2.07. The van der Waals surface area contributed by atoms with E-state index < -0.39 is 0 Å². The molecule has 0 atom stereocenters. The van der Waals surface area contributed by atoms with E-state index in [4.69, 9.17) is 5.73 Å². The topological polar surface area (TPSA) is 76.7 Å². The molecule has 0 aromatic carbocycles. The van der Waals surface area contributed by atoms with E-state index in [0.29, 0.717) is 17.2 Å². The number of rotatable bonds is 1. The van der Waals surface area contributed by atoms with Gasteiger partial charge in [-0.1, -0.05) is 0 Å². The standard InChI is InChI=1S/C8H8BrN5/c1-11-8-7-4(5(9)3-12-8)2-6(10)13-14-7/h2-3H,1H3,(H2,10,13)(H,11,12). The lowest BCUT2D eigenvalue weighted by atomic mass is 10.2. The summed E-state index contributed by atoms with van der Waals surface area (Å²) in [6.07, 6.45) is 1.70. The minimum absolute atomic E-state index is 0.395. The molecule has 2 rings (SSSR count). The van der Waals surface area contributed by atoms with Gasteiger partial charge in [0.05, 0.1) is 0 Å². The highest BCUT2D eigenvalue weighted by molar-refractivity contribution is 9.10.